The lowest BCUT2D eigenvalue weighted by atomic mass is 10.1. The van der Waals surface area contributed by atoms with Gasteiger partial charge >= 0.3 is 0 Å². The third kappa shape index (κ3) is 1.47. The van der Waals surface area contributed by atoms with Crippen LogP contribution in [0.2, 0.25) is 0 Å². The molecule has 3 nitrogen and oxygen atoms in total. The highest BCUT2D eigenvalue weighted by atomic mass is 79.9. The summed E-state index contributed by atoms with van der Waals surface area (Å²) in [6.07, 6.45) is 1.47. The zero-order valence-corrected chi connectivity index (χ0v) is 8.71. The minimum Gasteiger partial charge on any atom is -0.355 e. The molecule has 0 aliphatic carbocycles. The summed E-state index contributed by atoms with van der Waals surface area (Å²) in [6.45, 7) is 0. The minimum absolute atomic E-state index is 0.186. The molecule has 1 aliphatic rings. The molecule has 1 atom stereocenters. The topological polar surface area (TPSA) is 33.6 Å². The van der Waals surface area contributed by atoms with Crippen LogP contribution in [0.25, 0.3) is 0 Å². The number of benzene rings is 1. The van der Waals surface area contributed by atoms with Crippen molar-refractivity contribution in [3.63, 3.8) is 0 Å². The summed E-state index contributed by atoms with van der Waals surface area (Å²) in [7, 11) is 1.65. The van der Waals surface area contributed by atoms with E-state index < -0.39 is 0 Å². The molecule has 1 aliphatic heterocycles. The number of fused-ring (bicyclic) bond motifs is 1. The first-order valence-electron chi connectivity index (χ1n) is 3.92. The predicted octanol–water partition coefficient (Wildman–Crippen LogP) is 2.55. The highest BCUT2D eigenvalue weighted by Crippen LogP contribution is 2.34. The number of ether oxygens (including phenoxy) is 1. The smallest absolute Gasteiger partial charge is 0.177 e. The zero-order chi connectivity index (χ0) is 9.26. The Morgan fingerprint density at radius 3 is 3.15 bits per heavy atom. The van der Waals surface area contributed by atoms with E-state index in [2.05, 4.69) is 26.2 Å². The Labute approximate surface area is 84.9 Å². The van der Waals surface area contributed by atoms with E-state index in [1.165, 1.54) is 0 Å². The van der Waals surface area contributed by atoms with Crippen molar-refractivity contribution in [3.8, 4) is 0 Å². The highest BCUT2D eigenvalue weighted by Gasteiger charge is 2.17. The summed E-state index contributed by atoms with van der Waals surface area (Å²) in [5, 5.41) is 3.08. The van der Waals surface area contributed by atoms with Gasteiger partial charge in [-0.3, -0.25) is 0 Å². The third-order valence-corrected chi connectivity index (χ3v) is 2.61. The number of nitrogens with zero attached hydrogens (tertiary/aromatic N) is 1. The van der Waals surface area contributed by atoms with E-state index >= 15 is 0 Å². The highest BCUT2D eigenvalue weighted by molar-refractivity contribution is 9.10. The Morgan fingerprint density at radius 2 is 2.38 bits per heavy atom. The van der Waals surface area contributed by atoms with E-state index in [4.69, 9.17) is 4.74 Å². The summed E-state index contributed by atoms with van der Waals surface area (Å²) < 4.78 is 6.24. The lowest BCUT2D eigenvalue weighted by Gasteiger charge is -2.20. The van der Waals surface area contributed by atoms with Crippen LogP contribution in [-0.2, 0) is 4.74 Å². The quantitative estimate of drug-likeness (QED) is 0.819. The van der Waals surface area contributed by atoms with Gasteiger partial charge in [0.1, 0.15) is 0 Å². The second kappa shape index (κ2) is 3.47. The third-order valence-electron chi connectivity index (χ3n) is 1.95. The van der Waals surface area contributed by atoms with Crippen LogP contribution in [0.4, 0.5) is 5.69 Å². The number of nitrogens with one attached hydrogen (secondary N) is 1. The van der Waals surface area contributed by atoms with E-state index in [0.717, 1.165) is 15.7 Å². The standard InChI is InChI=1S/C9H9BrN2O/c1-13-9-6-3-2-4-7(10)8(6)11-5-12-9/h2-5,9H,1H3,(H,11,12). The number of methoxy groups -OCH3 is 1. The molecule has 68 valence electrons. The van der Waals surface area contributed by atoms with Crippen LogP contribution in [0, 0.1) is 0 Å². The van der Waals surface area contributed by atoms with E-state index in [1.54, 1.807) is 13.4 Å². The fourth-order valence-corrected chi connectivity index (χ4v) is 1.83. The lowest BCUT2D eigenvalue weighted by Crippen LogP contribution is -2.11. The lowest BCUT2D eigenvalue weighted by molar-refractivity contribution is 0.111. The van der Waals surface area contributed by atoms with Gasteiger partial charge in [0, 0.05) is 17.1 Å². The Hall–Kier alpha value is -0.870. The first-order valence-corrected chi connectivity index (χ1v) is 4.71. The Morgan fingerprint density at radius 1 is 1.54 bits per heavy atom. The Bertz CT molecular complexity index is 351. The number of hydrogen-bond acceptors (Lipinski definition) is 3. The summed E-state index contributed by atoms with van der Waals surface area (Å²) >= 11 is 3.46. The first-order chi connectivity index (χ1) is 6.33. The monoisotopic (exact) mass is 240 g/mol. The van der Waals surface area contributed by atoms with E-state index in [-0.39, 0.29) is 6.23 Å². The summed E-state index contributed by atoms with van der Waals surface area (Å²) in [6, 6.07) is 5.95. The van der Waals surface area contributed by atoms with Crippen LogP contribution in [0.5, 0.6) is 0 Å². The van der Waals surface area contributed by atoms with Crippen molar-refractivity contribution in [2.45, 2.75) is 6.23 Å². The fourth-order valence-electron chi connectivity index (χ4n) is 1.34. The van der Waals surface area contributed by atoms with Crippen molar-refractivity contribution in [2.24, 2.45) is 4.99 Å². The number of para-hydroxylation sites is 1. The second-order valence-electron chi connectivity index (χ2n) is 2.71. The maximum absolute atomic E-state index is 5.21. The molecule has 13 heavy (non-hydrogen) atoms. The van der Waals surface area contributed by atoms with Crippen molar-refractivity contribution in [2.75, 3.05) is 12.4 Å². The molecular formula is C9H9BrN2O. The molecule has 0 amide bonds. The molecule has 0 bridgehead atoms. The number of aliphatic imine (C=N–C) groups is 1. The van der Waals surface area contributed by atoms with Crippen LogP contribution in [0.3, 0.4) is 0 Å². The molecule has 1 aromatic rings. The van der Waals surface area contributed by atoms with Gasteiger partial charge in [0.15, 0.2) is 6.23 Å². The molecule has 1 aromatic carbocycles. The van der Waals surface area contributed by atoms with Gasteiger partial charge in [-0.1, -0.05) is 12.1 Å². The van der Waals surface area contributed by atoms with Gasteiger partial charge in [0.05, 0.1) is 12.0 Å². The molecule has 1 N–H and O–H groups in total. The average molecular weight is 241 g/mol. The van der Waals surface area contributed by atoms with Crippen molar-refractivity contribution < 1.29 is 4.74 Å². The summed E-state index contributed by atoms with van der Waals surface area (Å²) in [5.41, 5.74) is 2.09. The predicted molar refractivity (Wildman–Crippen MR) is 56.0 cm³/mol. The number of hydrogen-bond donors (Lipinski definition) is 1. The van der Waals surface area contributed by atoms with Gasteiger partial charge in [-0.15, -0.1) is 0 Å². The molecule has 0 aromatic heterocycles. The molecule has 2 rings (SSSR count). The number of anilines is 1. The van der Waals surface area contributed by atoms with Gasteiger partial charge < -0.3 is 10.1 Å². The van der Waals surface area contributed by atoms with Crippen LogP contribution in [-0.4, -0.2) is 13.4 Å². The minimum atomic E-state index is -0.186. The SMILES string of the molecule is COC1N=CNc2c(Br)cccc21. The first kappa shape index (κ1) is 8.72. The van der Waals surface area contributed by atoms with Crippen LogP contribution in [0.15, 0.2) is 27.7 Å². The zero-order valence-electron chi connectivity index (χ0n) is 7.12. The van der Waals surface area contributed by atoms with Gasteiger partial charge in [-0.2, -0.15) is 0 Å². The molecule has 0 fully saturated rings. The van der Waals surface area contributed by atoms with E-state index in [0.29, 0.717) is 0 Å². The normalized spacial score (nSPS) is 19.4. The molecule has 0 saturated carbocycles. The molecule has 4 heteroatoms. The van der Waals surface area contributed by atoms with Gasteiger partial charge in [-0.05, 0) is 22.0 Å². The van der Waals surface area contributed by atoms with Crippen molar-refractivity contribution in [1.82, 2.24) is 0 Å². The molecule has 0 saturated heterocycles. The maximum Gasteiger partial charge on any atom is 0.177 e. The average Bonchev–Trinajstić information content (AvgIpc) is 2.18. The van der Waals surface area contributed by atoms with Crippen LogP contribution < -0.4 is 5.32 Å². The molecule has 0 spiro atoms. The molecule has 1 heterocycles. The summed E-state index contributed by atoms with van der Waals surface area (Å²) in [5.74, 6) is 0. The van der Waals surface area contributed by atoms with Gasteiger partial charge in [0.2, 0.25) is 0 Å². The number of rotatable bonds is 1. The van der Waals surface area contributed by atoms with E-state index in [9.17, 15) is 0 Å². The second-order valence-corrected chi connectivity index (χ2v) is 3.57. The van der Waals surface area contributed by atoms with Gasteiger partial charge in [-0.25, -0.2) is 4.99 Å². The fraction of sp³-hybridized carbons (Fsp3) is 0.222. The molecule has 0 radical (unpaired) electrons. The largest absolute Gasteiger partial charge is 0.355 e. The van der Waals surface area contributed by atoms with Crippen LogP contribution in [0.1, 0.15) is 11.8 Å². The van der Waals surface area contributed by atoms with Crippen LogP contribution >= 0.6 is 15.9 Å². The molecular weight excluding hydrogens is 232 g/mol. The molecule has 1 unspecified atom stereocenters. The van der Waals surface area contributed by atoms with Crippen molar-refractivity contribution in [1.29, 1.82) is 0 Å². The Kier molecular flexibility index (Phi) is 2.33. The van der Waals surface area contributed by atoms with Crippen molar-refractivity contribution in [3.05, 3.63) is 28.2 Å². The maximum atomic E-state index is 5.21. The van der Waals surface area contributed by atoms with Gasteiger partial charge in [0.25, 0.3) is 0 Å². The summed E-state index contributed by atoms with van der Waals surface area (Å²) in [4.78, 5) is 4.15. The number of halogens is 1. The Balaban J connectivity index is 2.50. The van der Waals surface area contributed by atoms with Crippen molar-refractivity contribution >= 4 is 28.0 Å². The van der Waals surface area contributed by atoms with E-state index in [1.807, 2.05) is 18.2 Å².